The summed E-state index contributed by atoms with van der Waals surface area (Å²) in [6, 6.07) is 12.3. The molecule has 8 nitrogen and oxygen atoms in total. The maximum Gasteiger partial charge on any atom is 0.259 e. The third kappa shape index (κ3) is 3.65. The molecule has 2 aromatic carbocycles. The molecule has 0 fully saturated rings. The van der Waals surface area contributed by atoms with Crippen molar-refractivity contribution in [1.82, 2.24) is 20.1 Å². The molecule has 0 unspecified atom stereocenters. The van der Waals surface area contributed by atoms with Crippen LogP contribution in [0.25, 0.3) is 22.0 Å². The molecule has 1 aliphatic rings. The third-order valence-electron chi connectivity index (χ3n) is 5.59. The fourth-order valence-corrected chi connectivity index (χ4v) is 3.97. The summed E-state index contributed by atoms with van der Waals surface area (Å²) in [7, 11) is 3.28. The number of hydrogen-bond acceptors (Lipinski definition) is 5. The molecule has 0 radical (unpaired) electrons. The molecule has 32 heavy (non-hydrogen) atoms. The summed E-state index contributed by atoms with van der Waals surface area (Å²) in [4.78, 5) is 20.7. The van der Waals surface area contributed by atoms with Crippen molar-refractivity contribution in [1.29, 1.82) is 0 Å². The van der Waals surface area contributed by atoms with Crippen LogP contribution in [0.2, 0.25) is 0 Å². The zero-order valence-electron chi connectivity index (χ0n) is 17.9. The van der Waals surface area contributed by atoms with E-state index in [4.69, 9.17) is 14.5 Å². The van der Waals surface area contributed by atoms with Gasteiger partial charge < -0.3 is 19.8 Å². The molecule has 0 saturated heterocycles. The number of H-pyrrole nitrogens is 1. The van der Waals surface area contributed by atoms with E-state index >= 15 is 0 Å². The number of fused-ring (bicyclic) bond motifs is 2. The molecule has 162 valence electrons. The van der Waals surface area contributed by atoms with Crippen LogP contribution in [-0.2, 0) is 17.7 Å². The van der Waals surface area contributed by atoms with Gasteiger partial charge in [0.25, 0.3) is 5.91 Å². The van der Waals surface area contributed by atoms with Crippen molar-refractivity contribution < 1.29 is 14.3 Å². The minimum atomic E-state index is -0.241. The Morgan fingerprint density at radius 3 is 2.97 bits per heavy atom. The number of amides is 1. The first-order valence-electron chi connectivity index (χ1n) is 10.3. The molecule has 0 aliphatic carbocycles. The molecule has 0 bridgehead atoms. The predicted octanol–water partition coefficient (Wildman–Crippen LogP) is 3.70. The van der Waals surface area contributed by atoms with Gasteiger partial charge in [0.2, 0.25) is 0 Å². The Morgan fingerprint density at radius 2 is 2.12 bits per heavy atom. The Kier molecular flexibility index (Phi) is 5.20. The highest BCUT2D eigenvalue weighted by Crippen LogP contribution is 2.42. The van der Waals surface area contributed by atoms with Crippen LogP contribution < -0.4 is 10.1 Å². The normalized spacial score (nSPS) is 12.6. The second-order valence-corrected chi connectivity index (χ2v) is 7.60. The number of carbonyl (C=O) groups is 1. The van der Waals surface area contributed by atoms with Gasteiger partial charge >= 0.3 is 0 Å². The highest BCUT2D eigenvalue weighted by molar-refractivity contribution is 6.10. The van der Waals surface area contributed by atoms with Crippen molar-refractivity contribution >= 4 is 28.3 Å². The van der Waals surface area contributed by atoms with E-state index in [1.165, 1.54) is 0 Å². The molecule has 5 rings (SSSR count). The zero-order valence-corrected chi connectivity index (χ0v) is 17.9. The molecule has 8 heteroatoms. The first kappa shape index (κ1) is 20.0. The number of aliphatic imine (C=N–C) groups is 1. The van der Waals surface area contributed by atoms with Gasteiger partial charge in [0, 0.05) is 42.6 Å². The van der Waals surface area contributed by atoms with E-state index in [0.29, 0.717) is 31.0 Å². The fraction of sp³-hybridized carbons (Fsp3) is 0.208. The van der Waals surface area contributed by atoms with Crippen LogP contribution in [0.5, 0.6) is 5.75 Å². The van der Waals surface area contributed by atoms with Gasteiger partial charge in [-0.3, -0.25) is 9.48 Å². The van der Waals surface area contributed by atoms with E-state index in [2.05, 4.69) is 33.6 Å². The summed E-state index contributed by atoms with van der Waals surface area (Å²) in [5, 5.41) is 8.27. The molecule has 2 aromatic heterocycles. The van der Waals surface area contributed by atoms with E-state index < -0.39 is 0 Å². The highest BCUT2D eigenvalue weighted by atomic mass is 16.5. The predicted molar refractivity (Wildman–Crippen MR) is 123 cm³/mol. The van der Waals surface area contributed by atoms with Crippen molar-refractivity contribution in [2.45, 2.75) is 13.0 Å². The minimum Gasteiger partial charge on any atom is -0.496 e. The summed E-state index contributed by atoms with van der Waals surface area (Å²) in [5.74, 6) is 1.10. The lowest BCUT2D eigenvalue weighted by Gasteiger charge is -2.11. The lowest BCUT2D eigenvalue weighted by molar-refractivity contribution is 0.0976. The molecule has 0 spiro atoms. The van der Waals surface area contributed by atoms with Crippen molar-refractivity contribution in [2.75, 3.05) is 20.8 Å². The molecule has 4 aromatic rings. The first-order chi connectivity index (χ1) is 15.7. The standard InChI is InChI=1S/C24H23N5O3/c1-31-10-9-29-14-17(13-26-29)24(30)28-22-12-19-21(32-2)6-4-18(23(19)27-22)15-3-5-20-16(11-15)7-8-25-20/h3-8,11,13-14,25H,9-10,12H2,1-2H3,(H,27,28,30). The first-order valence-corrected chi connectivity index (χ1v) is 10.3. The van der Waals surface area contributed by atoms with Gasteiger partial charge in [-0.15, -0.1) is 0 Å². The Morgan fingerprint density at radius 1 is 1.22 bits per heavy atom. The molecule has 2 N–H and O–H groups in total. The number of benzene rings is 2. The van der Waals surface area contributed by atoms with Crippen LogP contribution in [0.1, 0.15) is 15.9 Å². The molecular formula is C24H23N5O3. The van der Waals surface area contributed by atoms with E-state index in [1.807, 2.05) is 24.4 Å². The number of methoxy groups -OCH3 is 2. The maximum absolute atomic E-state index is 12.8. The quantitative estimate of drug-likeness (QED) is 0.489. The van der Waals surface area contributed by atoms with Crippen LogP contribution in [0.4, 0.5) is 5.69 Å². The van der Waals surface area contributed by atoms with Gasteiger partial charge in [0.1, 0.15) is 11.6 Å². The van der Waals surface area contributed by atoms with Crippen LogP contribution in [0.3, 0.4) is 0 Å². The van der Waals surface area contributed by atoms with E-state index in [1.54, 1.807) is 31.3 Å². The number of nitrogens with zero attached hydrogens (tertiary/aromatic N) is 3. The molecule has 0 atom stereocenters. The molecule has 0 saturated carbocycles. The average Bonchev–Trinajstić information content (AvgIpc) is 3.55. The van der Waals surface area contributed by atoms with Gasteiger partial charge in [0.15, 0.2) is 0 Å². The van der Waals surface area contributed by atoms with Gasteiger partial charge in [-0.2, -0.15) is 5.10 Å². The molecule has 3 heterocycles. The van der Waals surface area contributed by atoms with Gasteiger partial charge in [-0.25, -0.2) is 4.99 Å². The van der Waals surface area contributed by atoms with Crippen molar-refractivity contribution in [2.24, 2.45) is 4.99 Å². The average molecular weight is 429 g/mol. The van der Waals surface area contributed by atoms with E-state index in [9.17, 15) is 4.79 Å². The van der Waals surface area contributed by atoms with Crippen LogP contribution in [0.15, 0.2) is 60.0 Å². The Hall–Kier alpha value is -3.91. The van der Waals surface area contributed by atoms with Crippen LogP contribution in [-0.4, -0.2) is 47.3 Å². The summed E-state index contributed by atoms with van der Waals surface area (Å²) in [6.07, 6.45) is 5.67. The second kappa shape index (κ2) is 8.32. The number of aromatic amines is 1. The van der Waals surface area contributed by atoms with Gasteiger partial charge in [-0.1, -0.05) is 6.07 Å². The minimum absolute atomic E-state index is 0.241. The fourth-order valence-electron chi connectivity index (χ4n) is 3.97. The molecular weight excluding hydrogens is 406 g/mol. The summed E-state index contributed by atoms with van der Waals surface area (Å²) in [5.41, 5.74) is 5.41. The monoisotopic (exact) mass is 429 g/mol. The number of hydrogen-bond donors (Lipinski definition) is 2. The Labute approximate surface area is 184 Å². The summed E-state index contributed by atoms with van der Waals surface area (Å²) >= 11 is 0. The second-order valence-electron chi connectivity index (χ2n) is 7.60. The number of ether oxygens (including phenoxy) is 2. The van der Waals surface area contributed by atoms with E-state index in [-0.39, 0.29) is 5.91 Å². The van der Waals surface area contributed by atoms with Crippen molar-refractivity contribution in [3.8, 4) is 16.9 Å². The third-order valence-corrected chi connectivity index (χ3v) is 5.59. The van der Waals surface area contributed by atoms with Crippen molar-refractivity contribution in [3.63, 3.8) is 0 Å². The maximum atomic E-state index is 12.8. The number of nitrogens with one attached hydrogen (secondary N) is 2. The van der Waals surface area contributed by atoms with Gasteiger partial charge in [-0.05, 0) is 41.3 Å². The summed E-state index contributed by atoms with van der Waals surface area (Å²) in [6.45, 7) is 1.12. The SMILES string of the molecule is COCCn1cc(C(=O)NC2=Nc3c(-c4ccc5[nH]ccc5c4)ccc(OC)c3C2)cn1. The lowest BCUT2D eigenvalue weighted by atomic mass is 9.98. The number of rotatable bonds is 6. The summed E-state index contributed by atoms with van der Waals surface area (Å²) < 4.78 is 12.3. The van der Waals surface area contributed by atoms with Crippen LogP contribution >= 0.6 is 0 Å². The lowest BCUT2D eigenvalue weighted by Crippen LogP contribution is -2.30. The topological polar surface area (TPSA) is 93.5 Å². The highest BCUT2D eigenvalue weighted by Gasteiger charge is 2.24. The van der Waals surface area contributed by atoms with Gasteiger partial charge in [0.05, 0.1) is 37.7 Å². The largest absolute Gasteiger partial charge is 0.496 e. The number of aromatic nitrogens is 3. The Bertz CT molecular complexity index is 1330. The van der Waals surface area contributed by atoms with Crippen LogP contribution in [0, 0.1) is 0 Å². The smallest absolute Gasteiger partial charge is 0.259 e. The molecule has 1 aliphatic heterocycles. The Balaban J connectivity index is 1.43. The van der Waals surface area contributed by atoms with E-state index in [0.717, 1.165) is 39.0 Å². The number of carbonyl (C=O) groups excluding carboxylic acids is 1. The number of amidine groups is 1. The van der Waals surface area contributed by atoms with Crippen molar-refractivity contribution in [3.05, 3.63) is 66.1 Å². The zero-order chi connectivity index (χ0) is 22.1. The molecule has 1 amide bonds.